The lowest BCUT2D eigenvalue weighted by molar-refractivity contribution is -0.384. The molecule has 0 spiro atoms. The summed E-state index contributed by atoms with van der Waals surface area (Å²) in [6, 6.07) is 5.29. The van der Waals surface area contributed by atoms with Crippen molar-refractivity contribution in [1.29, 1.82) is 0 Å². The highest BCUT2D eigenvalue weighted by Crippen LogP contribution is 2.31. The Morgan fingerprint density at radius 3 is 2.50 bits per heavy atom. The largest absolute Gasteiger partial charge is 0.384 e. The van der Waals surface area contributed by atoms with E-state index in [2.05, 4.69) is 5.32 Å². The number of hydrogen-bond acceptors (Lipinski definition) is 8. The first kappa shape index (κ1) is 17.7. The molecule has 28 heavy (non-hydrogen) atoms. The summed E-state index contributed by atoms with van der Waals surface area (Å²) in [5, 5.41) is 13.6. The van der Waals surface area contributed by atoms with Crippen molar-refractivity contribution in [3.63, 3.8) is 0 Å². The van der Waals surface area contributed by atoms with Gasteiger partial charge in [0, 0.05) is 30.9 Å². The maximum Gasteiger partial charge on any atom is 0.293 e. The summed E-state index contributed by atoms with van der Waals surface area (Å²) in [6.45, 7) is 2.19. The highest BCUT2D eigenvalue weighted by molar-refractivity contribution is 6.23. The van der Waals surface area contributed by atoms with Crippen LogP contribution in [0.4, 0.5) is 17.2 Å². The zero-order chi connectivity index (χ0) is 20.0. The smallest absolute Gasteiger partial charge is 0.293 e. The number of nitrogens with one attached hydrogen (secondary N) is 1. The molecule has 11 heteroatoms. The van der Waals surface area contributed by atoms with Crippen LogP contribution in [-0.4, -0.2) is 47.6 Å². The van der Waals surface area contributed by atoms with E-state index in [9.17, 15) is 24.5 Å². The highest BCUT2D eigenvalue weighted by Gasteiger charge is 2.33. The molecule has 0 bridgehead atoms. The Morgan fingerprint density at radius 2 is 1.82 bits per heavy atom. The van der Waals surface area contributed by atoms with Crippen molar-refractivity contribution >= 4 is 29.0 Å². The SMILES string of the molecule is Nc1c2c(cc(=O)n1-c1cc(N3CCOCC3)ccc1[N+](=O)[O-])C(=O)NC2=O. The van der Waals surface area contributed by atoms with E-state index in [-0.39, 0.29) is 28.3 Å². The number of nitro groups is 1. The van der Waals surface area contributed by atoms with Crippen molar-refractivity contribution < 1.29 is 19.2 Å². The molecule has 2 aliphatic heterocycles. The lowest BCUT2D eigenvalue weighted by Gasteiger charge is -2.29. The molecule has 2 aliphatic rings. The molecule has 2 amide bonds. The first-order valence-electron chi connectivity index (χ1n) is 8.41. The van der Waals surface area contributed by atoms with Crippen LogP contribution in [0.1, 0.15) is 20.7 Å². The first-order chi connectivity index (χ1) is 13.4. The Kier molecular flexibility index (Phi) is 4.08. The summed E-state index contributed by atoms with van der Waals surface area (Å²) in [5.41, 5.74) is 5.17. The zero-order valence-electron chi connectivity index (χ0n) is 14.5. The van der Waals surface area contributed by atoms with Crippen molar-refractivity contribution in [3.05, 3.63) is 55.9 Å². The number of amides is 2. The van der Waals surface area contributed by atoms with Gasteiger partial charge in [-0.1, -0.05) is 0 Å². The van der Waals surface area contributed by atoms with Crippen molar-refractivity contribution in [2.45, 2.75) is 0 Å². The fourth-order valence-electron chi connectivity index (χ4n) is 3.39. The fourth-order valence-corrected chi connectivity index (χ4v) is 3.39. The van der Waals surface area contributed by atoms with E-state index in [1.54, 1.807) is 6.07 Å². The predicted molar refractivity (Wildman–Crippen MR) is 97.9 cm³/mol. The van der Waals surface area contributed by atoms with Crippen molar-refractivity contribution in [2.75, 3.05) is 36.9 Å². The average Bonchev–Trinajstić information content (AvgIpc) is 2.95. The van der Waals surface area contributed by atoms with Crippen LogP contribution in [0.5, 0.6) is 0 Å². The second-order valence-electron chi connectivity index (χ2n) is 6.30. The molecule has 2 aromatic rings. The third-order valence-electron chi connectivity index (χ3n) is 4.73. The standard InChI is InChI=1S/C17H15N5O6/c18-15-14-10(16(24)19-17(14)25)8-13(23)21(15)12-7-9(1-2-11(12)22(26)27)20-3-5-28-6-4-20/h1-2,7-8H,3-6,18H2,(H,19,24,25). The third-order valence-corrected chi connectivity index (χ3v) is 4.73. The maximum atomic E-state index is 12.7. The molecule has 0 atom stereocenters. The molecule has 0 unspecified atom stereocenters. The topological polar surface area (TPSA) is 150 Å². The van der Waals surface area contributed by atoms with Crippen LogP contribution in [0.2, 0.25) is 0 Å². The monoisotopic (exact) mass is 385 g/mol. The van der Waals surface area contributed by atoms with Gasteiger partial charge in [-0.3, -0.25) is 34.4 Å². The summed E-state index contributed by atoms with van der Waals surface area (Å²) in [7, 11) is 0. The number of imide groups is 1. The van der Waals surface area contributed by atoms with Gasteiger partial charge in [-0.2, -0.15) is 0 Å². The van der Waals surface area contributed by atoms with Gasteiger partial charge in [0.1, 0.15) is 11.5 Å². The number of anilines is 2. The Labute approximate surface area is 157 Å². The maximum absolute atomic E-state index is 12.7. The normalized spacial score (nSPS) is 16.1. The van der Waals surface area contributed by atoms with E-state index >= 15 is 0 Å². The molecule has 144 valence electrons. The minimum absolute atomic E-state index is 0.0774. The van der Waals surface area contributed by atoms with Gasteiger partial charge in [0.05, 0.1) is 29.3 Å². The van der Waals surface area contributed by atoms with Gasteiger partial charge in [0.25, 0.3) is 23.1 Å². The number of nitrogen functional groups attached to an aromatic ring is 1. The van der Waals surface area contributed by atoms with Crippen LogP contribution in [0.25, 0.3) is 5.69 Å². The fraction of sp³-hybridized carbons (Fsp3) is 0.235. The van der Waals surface area contributed by atoms with Gasteiger partial charge in [-0.05, 0) is 12.1 Å². The molecular weight excluding hydrogens is 370 g/mol. The minimum Gasteiger partial charge on any atom is -0.384 e. The van der Waals surface area contributed by atoms with Gasteiger partial charge in [-0.25, -0.2) is 0 Å². The van der Waals surface area contributed by atoms with Crippen molar-refractivity contribution in [2.24, 2.45) is 0 Å². The molecule has 3 heterocycles. The number of ether oxygens (including phenoxy) is 1. The molecule has 11 nitrogen and oxygen atoms in total. The van der Waals surface area contributed by atoms with E-state index in [4.69, 9.17) is 10.5 Å². The van der Waals surface area contributed by atoms with Crippen LogP contribution in [-0.2, 0) is 4.74 Å². The molecule has 0 aliphatic carbocycles. The number of nitrogens with zero attached hydrogens (tertiary/aromatic N) is 3. The van der Waals surface area contributed by atoms with Gasteiger partial charge in [0.2, 0.25) is 0 Å². The summed E-state index contributed by atoms with van der Waals surface area (Å²) in [4.78, 5) is 49.4. The number of rotatable bonds is 3. The number of pyridine rings is 1. The Bertz CT molecular complexity index is 1090. The number of nitro benzene ring substituents is 1. The summed E-state index contributed by atoms with van der Waals surface area (Å²) < 4.78 is 6.20. The van der Waals surface area contributed by atoms with Gasteiger partial charge in [0.15, 0.2) is 0 Å². The summed E-state index contributed by atoms with van der Waals surface area (Å²) in [6.07, 6.45) is 0. The van der Waals surface area contributed by atoms with Crippen LogP contribution in [0, 0.1) is 10.1 Å². The number of nitrogens with two attached hydrogens (primary N) is 1. The number of aromatic nitrogens is 1. The summed E-state index contributed by atoms with van der Waals surface area (Å²) in [5.74, 6) is -1.81. The quantitative estimate of drug-likeness (QED) is 0.427. The molecule has 1 aromatic carbocycles. The van der Waals surface area contributed by atoms with E-state index in [1.165, 1.54) is 12.1 Å². The van der Waals surface area contributed by atoms with Crippen LogP contribution in [0.15, 0.2) is 29.1 Å². The Morgan fingerprint density at radius 1 is 1.11 bits per heavy atom. The number of hydrogen-bond donors (Lipinski definition) is 2. The van der Waals surface area contributed by atoms with Gasteiger partial charge >= 0.3 is 0 Å². The predicted octanol–water partition coefficient (Wildman–Crippen LogP) is 0.0481. The molecular formula is C17H15N5O6. The molecule has 1 aromatic heterocycles. The molecule has 1 fully saturated rings. The third kappa shape index (κ3) is 2.68. The van der Waals surface area contributed by atoms with E-state index in [0.717, 1.165) is 10.6 Å². The zero-order valence-corrected chi connectivity index (χ0v) is 14.5. The highest BCUT2D eigenvalue weighted by atomic mass is 16.6. The van der Waals surface area contributed by atoms with E-state index < -0.39 is 22.3 Å². The van der Waals surface area contributed by atoms with Crippen LogP contribution >= 0.6 is 0 Å². The first-order valence-corrected chi connectivity index (χ1v) is 8.41. The van der Waals surface area contributed by atoms with Crippen LogP contribution < -0.4 is 21.5 Å². The second kappa shape index (κ2) is 6.46. The molecule has 1 saturated heterocycles. The van der Waals surface area contributed by atoms with Crippen molar-refractivity contribution in [3.8, 4) is 5.69 Å². The molecule has 3 N–H and O–H groups in total. The number of benzene rings is 1. The minimum atomic E-state index is -0.752. The van der Waals surface area contributed by atoms with E-state index in [1.807, 2.05) is 4.90 Å². The Balaban J connectivity index is 1.94. The van der Waals surface area contributed by atoms with Crippen molar-refractivity contribution in [1.82, 2.24) is 9.88 Å². The lowest BCUT2D eigenvalue weighted by atomic mass is 10.1. The number of carbonyl (C=O) groups excluding carboxylic acids is 2. The van der Waals surface area contributed by atoms with E-state index in [0.29, 0.717) is 32.0 Å². The summed E-state index contributed by atoms with van der Waals surface area (Å²) >= 11 is 0. The number of fused-ring (bicyclic) bond motifs is 1. The van der Waals surface area contributed by atoms with Gasteiger partial charge < -0.3 is 15.4 Å². The molecule has 0 saturated carbocycles. The average molecular weight is 385 g/mol. The van der Waals surface area contributed by atoms with Crippen LogP contribution in [0.3, 0.4) is 0 Å². The number of carbonyl (C=O) groups is 2. The second-order valence-corrected chi connectivity index (χ2v) is 6.30. The van der Waals surface area contributed by atoms with Gasteiger partial charge in [-0.15, -0.1) is 0 Å². The Hall–Kier alpha value is -3.73. The lowest BCUT2D eigenvalue weighted by Crippen LogP contribution is -2.36. The molecule has 4 rings (SSSR count). The number of morpholine rings is 1. The molecule has 0 radical (unpaired) electrons.